The number of hydrogen-bond acceptors (Lipinski definition) is 2. The summed E-state index contributed by atoms with van der Waals surface area (Å²) in [6.45, 7) is 2.87. The second kappa shape index (κ2) is 3.39. The van der Waals surface area contributed by atoms with Gasteiger partial charge in [-0.2, -0.15) is 0 Å². The highest BCUT2D eigenvalue weighted by molar-refractivity contribution is 5.17. The van der Waals surface area contributed by atoms with Gasteiger partial charge >= 0.3 is 0 Å². The lowest BCUT2D eigenvalue weighted by Crippen LogP contribution is -2.00. The van der Waals surface area contributed by atoms with E-state index in [0.29, 0.717) is 0 Å². The molecule has 0 bridgehead atoms. The molecule has 3 heteroatoms. The van der Waals surface area contributed by atoms with Crippen molar-refractivity contribution in [3.63, 3.8) is 0 Å². The summed E-state index contributed by atoms with van der Waals surface area (Å²) in [6.07, 6.45) is 7.33. The van der Waals surface area contributed by atoms with Crippen LogP contribution >= 0.6 is 0 Å². The van der Waals surface area contributed by atoms with E-state index in [0.717, 1.165) is 12.2 Å². The van der Waals surface area contributed by atoms with E-state index in [1.54, 1.807) is 12.5 Å². The first-order valence-electron chi connectivity index (χ1n) is 4.22. The molecule has 0 aromatic carbocycles. The van der Waals surface area contributed by atoms with Gasteiger partial charge in [-0.1, -0.05) is 6.07 Å². The summed E-state index contributed by atoms with van der Waals surface area (Å²) in [6, 6.07) is 4.02. The predicted molar refractivity (Wildman–Crippen MR) is 50.3 cm³/mol. The van der Waals surface area contributed by atoms with Crippen LogP contribution in [0.4, 0.5) is 0 Å². The molecule has 0 aliphatic rings. The molecular weight excluding hydrogens is 162 g/mol. The van der Waals surface area contributed by atoms with E-state index in [1.807, 2.05) is 23.0 Å². The second-order valence-corrected chi connectivity index (χ2v) is 3.00. The maximum atomic E-state index is 4.30. The third-order valence-corrected chi connectivity index (χ3v) is 2.01. The van der Waals surface area contributed by atoms with Gasteiger partial charge in [-0.3, -0.25) is 4.98 Å². The number of aryl methyl sites for hydroxylation is 1. The van der Waals surface area contributed by atoms with E-state index in [4.69, 9.17) is 0 Å². The number of rotatable bonds is 2. The summed E-state index contributed by atoms with van der Waals surface area (Å²) < 4.78 is 2.01. The molecule has 0 aliphatic heterocycles. The van der Waals surface area contributed by atoms with Gasteiger partial charge in [0.2, 0.25) is 0 Å². The molecule has 0 atom stereocenters. The van der Waals surface area contributed by atoms with Gasteiger partial charge in [-0.05, 0) is 18.6 Å². The standard InChI is InChI=1S/C10H11N3/c1-9-3-2-4-12-10(9)7-13-6-5-11-8-13/h2-6,8H,7H2,1H3. The summed E-state index contributed by atoms with van der Waals surface area (Å²) in [5.41, 5.74) is 2.32. The fourth-order valence-electron chi connectivity index (χ4n) is 1.24. The van der Waals surface area contributed by atoms with Gasteiger partial charge in [0, 0.05) is 18.6 Å². The Labute approximate surface area is 77.1 Å². The molecule has 0 spiro atoms. The van der Waals surface area contributed by atoms with Crippen molar-refractivity contribution in [3.05, 3.63) is 48.3 Å². The smallest absolute Gasteiger partial charge is 0.0949 e. The van der Waals surface area contributed by atoms with Crippen LogP contribution in [-0.4, -0.2) is 14.5 Å². The van der Waals surface area contributed by atoms with Crippen LogP contribution in [0, 0.1) is 6.92 Å². The lowest BCUT2D eigenvalue weighted by molar-refractivity contribution is 0.766. The van der Waals surface area contributed by atoms with E-state index in [1.165, 1.54) is 5.56 Å². The van der Waals surface area contributed by atoms with Gasteiger partial charge in [0.15, 0.2) is 0 Å². The molecule has 13 heavy (non-hydrogen) atoms. The molecule has 3 nitrogen and oxygen atoms in total. The molecule has 0 N–H and O–H groups in total. The third kappa shape index (κ3) is 1.75. The van der Waals surface area contributed by atoms with E-state index in [2.05, 4.69) is 23.0 Å². The summed E-state index contributed by atoms with van der Waals surface area (Å²) in [4.78, 5) is 8.29. The Balaban J connectivity index is 2.24. The maximum absolute atomic E-state index is 4.30. The van der Waals surface area contributed by atoms with E-state index in [9.17, 15) is 0 Å². The summed E-state index contributed by atoms with van der Waals surface area (Å²) in [5.74, 6) is 0. The molecule has 0 saturated carbocycles. The Hall–Kier alpha value is -1.64. The Morgan fingerprint density at radius 1 is 1.38 bits per heavy atom. The fourth-order valence-corrected chi connectivity index (χ4v) is 1.24. The van der Waals surface area contributed by atoms with Gasteiger partial charge < -0.3 is 4.57 Å². The number of nitrogens with zero attached hydrogens (tertiary/aromatic N) is 3. The van der Waals surface area contributed by atoms with Crippen molar-refractivity contribution in [2.75, 3.05) is 0 Å². The second-order valence-electron chi connectivity index (χ2n) is 3.00. The molecule has 2 heterocycles. The fraction of sp³-hybridized carbons (Fsp3) is 0.200. The van der Waals surface area contributed by atoms with Crippen molar-refractivity contribution in [3.8, 4) is 0 Å². The Morgan fingerprint density at radius 3 is 3.00 bits per heavy atom. The molecule has 2 aromatic heterocycles. The minimum atomic E-state index is 0.798. The van der Waals surface area contributed by atoms with Crippen molar-refractivity contribution in [1.82, 2.24) is 14.5 Å². The average molecular weight is 173 g/mol. The third-order valence-electron chi connectivity index (χ3n) is 2.01. The first-order chi connectivity index (χ1) is 6.36. The van der Waals surface area contributed by atoms with Crippen LogP contribution in [0.25, 0.3) is 0 Å². The highest BCUT2D eigenvalue weighted by Crippen LogP contribution is 2.04. The normalized spacial score (nSPS) is 10.2. The Bertz CT molecular complexity index is 379. The molecule has 0 amide bonds. The lowest BCUT2D eigenvalue weighted by Gasteiger charge is -2.03. The molecular formula is C10H11N3. The van der Waals surface area contributed by atoms with Gasteiger partial charge in [0.05, 0.1) is 18.6 Å². The minimum absolute atomic E-state index is 0.798. The van der Waals surface area contributed by atoms with Gasteiger partial charge in [0.25, 0.3) is 0 Å². The van der Waals surface area contributed by atoms with Crippen molar-refractivity contribution in [2.45, 2.75) is 13.5 Å². The Morgan fingerprint density at radius 2 is 2.31 bits per heavy atom. The van der Waals surface area contributed by atoms with Crippen molar-refractivity contribution >= 4 is 0 Å². The molecule has 0 unspecified atom stereocenters. The molecule has 2 aromatic rings. The largest absolute Gasteiger partial charge is 0.331 e. The number of imidazole rings is 1. The number of hydrogen-bond donors (Lipinski definition) is 0. The van der Waals surface area contributed by atoms with Crippen LogP contribution in [-0.2, 0) is 6.54 Å². The quantitative estimate of drug-likeness (QED) is 0.691. The lowest BCUT2D eigenvalue weighted by atomic mass is 10.2. The van der Waals surface area contributed by atoms with Gasteiger partial charge in [0.1, 0.15) is 0 Å². The van der Waals surface area contributed by atoms with Crippen LogP contribution < -0.4 is 0 Å². The maximum Gasteiger partial charge on any atom is 0.0949 e. The van der Waals surface area contributed by atoms with Crippen molar-refractivity contribution in [2.24, 2.45) is 0 Å². The van der Waals surface area contributed by atoms with Crippen LogP contribution in [0.5, 0.6) is 0 Å². The highest BCUT2D eigenvalue weighted by Gasteiger charge is 1.98. The summed E-state index contributed by atoms with van der Waals surface area (Å²) in [7, 11) is 0. The average Bonchev–Trinajstić information content (AvgIpc) is 2.61. The van der Waals surface area contributed by atoms with Crippen LogP contribution in [0.15, 0.2) is 37.1 Å². The zero-order valence-corrected chi connectivity index (χ0v) is 7.51. The van der Waals surface area contributed by atoms with E-state index < -0.39 is 0 Å². The van der Waals surface area contributed by atoms with Crippen molar-refractivity contribution < 1.29 is 0 Å². The molecule has 0 radical (unpaired) electrons. The summed E-state index contributed by atoms with van der Waals surface area (Å²) in [5, 5.41) is 0. The van der Waals surface area contributed by atoms with E-state index in [-0.39, 0.29) is 0 Å². The van der Waals surface area contributed by atoms with E-state index >= 15 is 0 Å². The SMILES string of the molecule is Cc1cccnc1Cn1ccnc1. The number of pyridine rings is 1. The number of aromatic nitrogens is 3. The molecule has 0 aliphatic carbocycles. The monoisotopic (exact) mass is 173 g/mol. The minimum Gasteiger partial charge on any atom is -0.331 e. The predicted octanol–water partition coefficient (Wildman–Crippen LogP) is 1.63. The zero-order chi connectivity index (χ0) is 9.10. The summed E-state index contributed by atoms with van der Waals surface area (Å²) >= 11 is 0. The molecule has 0 fully saturated rings. The molecule has 0 saturated heterocycles. The van der Waals surface area contributed by atoms with Crippen LogP contribution in [0.3, 0.4) is 0 Å². The van der Waals surface area contributed by atoms with Crippen LogP contribution in [0.1, 0.15) is 11.3 Å². The molecule has 2 rings (SSSR count). The zero-order valence-electron chi connectivity index (χ0n) is 7.51. The first-order valence-corrected chi connectivity index (χ1v) is 4.22. The Kier molecular flexibility index (Phi) is 2.08. The van der Waals surface area contributed by atoms with Gasteiger partial charge in [-0.15, -0.1) is 0 Å². The molecule has 66 valence electrons. The first kappa shape index (κ1) is 7.98. The topological polar surface area (TPSA) is 30.7 Å². The van der Waals surface area contributed by atoms with Gasteiger partial charge in [-0.25, -0.2) is 4.98 Å². The van der Waals surface area contributed by atoms with Crippen LogP contribution in [0.2, 0.25) is 0 Å². The highest BCUT2D eigenvalue weighted by atomic mass is 15.0. The van der Waals surface area contributed by atoms with Crippen molar-refractivity contribution in [1.29, 1.82) is 0 Å².